The molecule has 134 valence electrons. The van der Waals surface area contributed by atoms with Crippen LogP contribution in [-0.4, -0.2) is 0 Å². The van der Waals surface area contributed by atoms with Crippen LogP contribution in [0.3, 0.4) is 0 Å². The molecule has 0 N–H and O–H groups in total. The molecule has 0 heteroatoms. The van der Waals surface area contributed by atoms with Crippen LogP contribution >= 0.6 is 0 Å². The van der Waals surface area contributed by atoms with E-state index in [1.165, 1.54) is 70.6 Å². The average molecular weight is 327 g/mol. The number of rotatable bonds is 6. The van der Waals surface area contributed by atoms with Crippen molar-refractivity contribution in [2.45, 2.75) is 90.4 Å². The maximum absolute atomic E-state index is 2.59. The largest absolute Gasteiger partial charge is 0.0654 e. The standard InChI is InChI=1S/C24H38/c1-3-4-8-20-11-13-21(14-12-20)19(2)22-15-17-24(18-16-22)23-9-6-5-7-10-23/h5-7,9-10,19-22,24H,3-4,8,11-18H2,1-2H3. The van der Waals surface area contributed by atoms with Crippen LogP contribution < -0.4 is 0 Å². The lowest BCUT2D eigenvalue weighted by molar-refractivity contribution is 0.132. The summed E-state index contributed by atoms with van der Waals surface area (Å²) in [6.07, 6.45) is 16.2. The molecule has 2 aliphatic rings. The Balaban J connectivity index is 1.43. The SMILES string of the molecule is CCCCC1CCC(C(C)C2CCC(c3ccccc3)CC2)CC1. The molecule has 3 rings (SSSR count). The fraction of sp³-hybridized carbons (Fsp3) is 0.750. The molecule has 0 bridgehead atoms. The Bertz CT molecular complexity index is 446. The molecule has 0 spiro atoms. The predicted octanol–water partition coefficient (Wildman–Crippen LogP) is 7.59. The third-order valence-electron chi connectivity index (χ3n) is 7.39. The molecule has 24 heavy (non-hydrogen) atoms. The Morgan fingerprint density at radius 3 is 2.00 bits per heavy atom. The van der Waals surface area contributed by atoms with Gasteiger partial charge in [-0.15, -0.1) is 0 Å². The lowest BCUT2D eigenvalue weighted by Crippen LogP contribution is -2.28. The zero-order chi connectivity index (χ0) is 16.8. The highest BCUT2D eigenvalue weighted by Crippen LogP contribution is 2.44. The van der Waals surface area contributed by atoms with Crippen molar-refractivity contribution in [2.75, 3.05) is 0 Å². The molecular formula is C24H38. The summed E-state index contributed by atoms with van der Waals surface area (Å²) < 4.78 is 0. The van der Waals surface area contributed by atoms with Gasteiger partial charge >= 0.3 is 0 Å². The fourth-order valence-corrected chi connectivity index (χ4v) is 5.58. The van der Waals surface area contributed by atoms with E-state index in [1.54, 1.807) is 5.56 Å². The van der Waals surface area contributed by atoms with Crippen LogP contribution in [0, 0.1) is 23.7 Å². The predicted molar refractivity (Wildman–Crippen MR) is 105 cm³/mol. The monoisotopic (exact) mass is 326 g/mol. The van der Waals surface area contributed by atoms with Gasteiger partial charge in [-0.2, -0.15) is 0 Å². The number of hydrogen-bond donors (Lipinski definition) is 0. The number of unbranched alkanes of at least 4 members (excludes halogenated alkanes) is 1. The van der Waals surface area contributed by atoms with Crippen LogP contribution in [0.15, 0.2) is 30.3 Å². The summed E-state index contributed by atoms with van der Waals surface area (Å²) in [5.74, 6) is 4.89. The first-order valence-electron chi connectivity index (χ1n) is 10.8. The zero-order valence-corrected chi connectivity index (χ0v) is 16.1. The molecule has 2 aliphatic carbocycles. The fourth-order valence-electron chi connectivity index (χ4n) is 5.58. The Hall–Kier alpha value is -0.780. The smallest absolute Gasteiger partial charge is 0.0162 e. The van der Waals surface area contributed by atoms with Gasteiger partial charge in [-0.3, -0.25) is 0 Å². The topological polar surface area (TPSA) is 0 Å². The van der Waals surface area contributed by atoms with Gasteiger partial charge in [0.2, 0.25) is 0 Å². The molecule has 2 fully saturated rings. The summed E-state index contributed by atoms with van der Waals surface area (Å²) in [6, 6.07) is 11.2. The lowest BCUT2D eigenvalue weighted by Gasteiger charge is -2.39. The second kappa shape index (κ2) is 9.07. The zero-order valence-electron chi connectivity index (χ0n) is 16.1. The number of hydrogen-bond acceptors (Lipinski definition) is 0. The van der Waals surface area contributed by atoms with Gasteiger partial charge in [0.15, 0.2) is 0 Å². The highest BCUT2D eigenvalue weighted by Gasteiger charge is 2.32. The van der Waals surface area contributed by atoms with Crippen LogP contribution in [0.1, 0.15) is 96.0 Å². The van der Waals surface area contributed by atoms with Gasteiger partial charge in [-0.05, 0) is 73.7 Å². The van der Waals surface area contributed by atoms with Gasteiger partial charge in [0.05, 0.1) is 0 Å². The van der Waals surface area contributed by atoms with Gasteiger partial charge in [0.25, 0.3) is 0 Å². The summed E-state index contributed by atoms with van der Waals surface area (Å²) in [5.41, 5.74) is 1.58. The maximum atomic E-state index is 2.59. The molecule has 0 heterocycles. The van der Waals surface area contributed by atoms with Gasteiger partial charge in [-0.1, -0.05) is 76.3 Å². The Morgan fingerprint density at radius 1 is 0.833 bits per heavy atom. The van der Waals surface area contributed by atoms with E-state index < -0.39 is 0 Å². The molecule has 0 saturated heterocycles. The summed E-state index contributed by atoms with van der Waals surface area (Å²) in [5, 5.41) is 0. The minimum absolute atomic E-state index is 0.833. The quantitative estimate of drug-likeness (QED) is 0.505. The third kappa shape index (κ3) is 4.64. The first-order valence-corrected chi connectivity index (χ1v) is 10.8. The van der Waals surface area contributed by atoms with E-state index in [-0.39, 0.29) is 0 Å². The molecule has 2 saturated carbocycles. The van der Waals surface area contributed by atoms with Crippen LogP contribution in [0.5, 0.6) is 0 Å². The molecule has 1 unspecified atom stereocenters. The molecular weight excluding hydrogens is 288 g/mol. The second-order valence-electron chi connectivity index (χ2n) is 8.80. The van der Waals surface area contributed by atoms with Gasteiger partial charge in [0.1, 0.15) is 0 Å². The van der Waals surface area contributed by atoms with Crippen molar-refractivity contribution >= 4 is 0 Å². The molecule has 0 nitrogen and oxygen atoms in total. The highest BCUT2D eigenvalue weighted by molar-refractivity contribution is 5.19. The van der Waals surface area contributed by atoms with Crippen LogP contribution in [0.4, 0.5) is 0 Å². The second-order valence-corrected chi connectivity index (χ2v) is 8.80. The minimum Gasteiger partial charge on any atom is -0.0654 e. The van der Waals surface area contributed by atoms with Crippen molar-refractivity contribution in [2.24, 2.45) is 23.7 Å². The maximum Gasteiger partial charge on any atom is -0.0162 e. The van der Waals surface area contributed by atoms with Crippen molar-refractivity contribution in [3.8, 4) is 0 Å². The summed E-state index contributed by atoms with van der Waals surface area (Å²) in [6.45, 7) is 4.92. The molecule has 0 aliphatic heterocycles. The summed E-state index contributed by atoms with van der Waals surface area (Å²) in [4.78, 5) is 0. The Morgan fingerprint density at radius 2 is 1.42 bits per heavy atom. The van der Waals surface area contributed by atoms with E-state index >= 15 is 0 Å². The summed E-state index contributed by atoms with van der Waals surface area (Å²) in [7, 11) is 0. The molecule has 1 aromatic rings. The van der Waals surface area contributed by atoms with Crippen LogP contribution in [0.25, 0.3) is 0 Å². The molecule has 0 radical (unpaired) electrons. The van der Waals surface area contributed by atoms with Gasteiger partial charge in [-0.25, -0.2) is 0 Å². The van der Waals surface area contributed by atoms with E-state index in [0.29, 0.717) is 0 Å². The van der Waals surface area contributed by atoms with Gasteiger partial charge < -0.3 is 0 Å². The van der Waals surface area contributed by atoms with E-state index in [9.17, 15) is 0 Å². The van der Waals surface area contributed by atoms with Crippen molar-refractivity contribution in [1.29, 1.82) is 0 Å². The highest BCUT2D eigenvalue weighted by atomic mass is 14.4. The third-order valence-corrected chi connectivity index (χ3v) is 7.39. The van der Waals surface area contributed by atoms with Crippen molar-refractivity contribution in [1.82, 2.24) is 0 Å². The lowest BCUT2D eigenvalue weighted by atomic mass is 9.66. The normalized spacial score (nSPS) is 32.4. The molecule has 0 amide bonds. The Labute approximate surface area is 150 Å². The van der Waals surface area contributed by atoms with E-state index in [1.807, 2.05) is 0 Å². The Kier molecular flexibility index (Phi) is 6.81. The van der Waals surface area contributed by atoms with Crippen molar-refractivity contribution in [3.63, 3.8) is 0 Å². The molecule has 1 aromatic carbocycles. The van der Waals surface area contributed by atoms with Crippen LogP contribution in [0.2, 0.25) is 0 Å². The van der Waals surface area contributed by atoms with Crippen molar-refractivity contribution < 1.29 is 0 Å². The number of benzene rings is 1. The summed E-state index contributed by atoms with van der Waals surface area (Å²) >= 11 is 0. The van der Waals surface area contributed by atoms with Crippen molar-refractivity contribution in [3.05, 3.63) is 35.9 Å². The first-order chi connectivity index (χ1) is 11.8. The molecule has 1 atom stereocenters. The van der Waals surface area contributed by atoms with E-state index in [2.05, 4.69) is 44.2 Å². The minimum atomic E-state index is 0.833. The molecule has 0 aromatic heterocycles. The van der Waals surface area contributed by atoms with Gasteiger partial charge in [0, 0.05) is 0 Å². The van der Waals surface area contributed by atoms with E-state index in [4.69, 9.17) is 0 Å². The average Bonchev–Trinajstić information content (AvgIpc) is 2.67. The first kappa shape index (κ1) is 18.0. The van der Waals surface area contributed by atoms with Crippen LogP contribution in [-0.2, 0) is 0 Å². The van der Waals surface area contributed by atoms with E-state index in [0.717, 1.165) is 29.6 Å².